The summed E-state index contributed by atoms with van der Waals surface area (Å²) in [5.74, 6) is 0.253. The number of rotatable bonds is 2. The Bertz CT molecular complexity index is 394. The van der Waals surface area contributed by atoms with Crippen LogP contribution in [0.1, 0.15) is 6.42 Å². The highest BCUT2D eigenvalue weighted by Gasteiger charge is 2.28. The Morgan fingerprint density at radius 3 is 3.00 bits per heavy atom. The second-order valence-electron chi connectivity index (χ2n) is 3.25. The maximum Gasteiger partial charge on any atom is 0.347 e. The topological polar surface area (TPSA) is 61.6 Å². The van der Waals surface area contributed by atoms with E-state index in [1.165, 1.54) is 0 Å². The van der Waals surface area contributed by atoms with Gasteiger partial charge in [0.2, 0.25) is 0 Å². The van der Waals surface area contributed by atoms with Gasteiger partial charge in [-0.05, 0) is 28.1 Å². The van der Waals surface area contributed by atoms with Gasteiger partial charge in [0.1, 0.15) is 5.75 Å². The maximum atomic E-state index is 11.2. The monoisotopic (exact) mass is 271 g/mol. The van der Waals surface area contributed by atoms with Crippen molar-refractivity contribution in [3.05, 3.63) is 22.7 Å². The molecule has 0 radical (unpaired) electrons. The lowest BCUT2D eigenvalue weighted by Gasteiger charge is -2.11. The molecule has 1 atom stereocenters. The summed E-state index contributed by atoms with van der Waals surface area (Å²) in [7, 11) is 0. The van der Waals surface area contributed by atoms with E-state index in [2.05, 4.69) is 15.9 Å². The van der Waals surface area contributed by atoms with Gasteiger partial charge in [0.15, 0.2) is 6.10 Å². The van der Waals surface area contributed by atoms with E-state index >= 15 is 0 Å². The minimum absolute atomic E-state index is 0.315. The van der Waals surface area contributed by atoms with Crippen LogP contribution >= 0.6 is 15.9 Å². The normalized spacial score (nSPS) is 20.1. The number of benzene rings is 1. The number of hydrogen-bond acceptors (Lipinski definition) is 4. The molecule has 0 saturated carbocycles. The first-order valence-corrected chi connectivity index (χ1v) is 5.34. The van der Waals surface area contributed by atoms with Gasteiger partial charge in [-0.3, -0.25) is 0 Å². The van der Waals surface area contributed by atoms with Crippen LogP contribution in [0, 0.1) is 0 Å². The molecule has 1 aliphatic heterocycles. The Hall–Kier alpha value is -1.23. The number of cyclic esters (lactones) is 1. The molecule has 0 spiro atoms. The number of halogens is 1. The molecule has 1 aromatic rings. The van der Waals surface area contributed by atoms with Crippen LogP contribution in [0.25, 0.3) is 0 Å². The molecule has 2 N–H and O–H groups in total. The lowest BCUT2D eigenvalue weighted by atomic mass is 10.3. The number of nitrogen functional groups attached to an aromatic ring is 1. The number of hydrogen-bond donors (Lipinski definition) is 1. The van der Waals surface area contributed by atoms with Crippen molar-refractivity contribution >= 4 is 27.6 Å². The van der Waals surface area contributed by atoms with Crippen molar-refractivity contribution in [2.75, 3.05) is 12.3 Å². The van der Waals surface area contributed by atoms with Gasteiger partial charge in [0.25, 0.3) is 0 Å². The minimum atomic E-state index is -0.511. The van der Waals surface area contributed by atoms with Crippen LogP contribution in [-0.4, -0.2) is 18.7 Å². The Morgan fingerprint density at radius 1 is 1.53 bits per heavy atom. The van der Waals surface area contributed by atoms with E-state index in [0.717, 1.165) is 4.47 Å². The van der Waals surface area contributed by atoms with Gasteiger partial charge in [0.05, 0.1) is 11.1 Å². The van der Waals surface area contributed by atoms with Crippen LogP contribution in [-0.2, 0) is 9.53 Å². The average molecular weight is 272 g/mol. The number of esters is 1. The summed E-state index contributed by atoms with van der Waals surface area (Å²) in [4.78, 5) is 11.2. The second kappa shape index (κ2) is 4.10. The summed E-state index contributed by atoms with van der Waals surface area (Å²) in [6.45, 7) is 0.420. The van der Waals surface area contributed by atoms with Crippen molar-refractivity contribution in [1.29, 1.82) is 0 Å². The first-order chi connectivity index (χ1) is 7.16. The van der Waals surface area contributed by atoms with Crippen LogP contribution in [0.3, 0.4) is 0 Å². The molecule has 1 aromatic carbocycles. The molecule has 0 aliphatic carbocycles. The van der Waals surface area contributed by atoms with Crippen molar-refractivity contribution in [2.24, 2.45) is 0 Å². The molecule has 5 heteroatoms. The predicted molar refractivity (Wildman–Crippen MR) is 58.5 cm³/mol. The summed E-state index contributed by atoms with van der Waals surface area (Å²) in [6.07, 6.45) is 0.0724. The zero-order chi connectivity index (χ0) is 10.8. The third-order valence-corrected chi connectivity index (χ3v) is 2.77. The molecule has 1 saturated heterocycles. The molecule has 1 unspecified atom stereocenters. The van der Waals surface area contributed by atoms with Crippen LogP contribution < -0.4 is 10.5 Å². The van der Waals surface area contributed by atoms with Crippen LogP contribution in [0.15, 0.2) is 22.7 Å². The largest absolute Gasteiger partial charge is 0.477 e. The molecule has 1 fully saturated rings. The quantitative estimate of drug-likeness (QED) is 0.657. The molecule has 80 valence electrons. The predicted octanol–water partition coefficient (Wildman–Crippen LogP) is 1.73. The number of carbonyl (C=O) groups excluding carboxylic acids is 1. The highest BCUT2D eigenvalue weighted by Crippen LogP contribution is 2.29. The fraction of sp³-hybridized carbons (Fsp3) is 0.300. The first-order valence-electron chi connectivity index (χ1n) is 4.55. The van der Waals surface area contributed by atoms with Crippen molar-refractivity contribution in [2.45, 2.75) is 12.5 Å². The summed E-state index contributed by atoms with van der Waals surface area (Å²) >= 11 is 3.32. The highest BCUT2D eigenvalue weighted by molar-refractivity contribution is 9.10. The van der Waals surface area contributed by atoms with Gasteiger partial charge in [-0.1, -0.05) is 0 Å². The smallest absolute Gasteiger partial charge is 0.347 e. The third-order valence-electron chi connectivity index (χ3n) is 2.11. The van der Waals surface area contributed by atoms with Crippen LogP contribution in [0.5, 0.6) is 5.75 Å². The van der Waals surface area contributed by atoms with Crippen molar-refractivity contribution < 1.29 is 14.3 Å². The standard InChI is InChI=1S/C10H10BrNO3/c11-7-2-1-6(12)5-9(7)15-8-3-4-14-10(8)13/h1-2,5,8H,3-4,12H2. The zero-order valence-electron chi connectivity index (χ0n) is 7.90. The molecular weight excluding hydrogens is 262 g/mol. The molecule has 0 aromatic heterocycles. The average Bonchev–Trinajstić information content (AvgIpc) is 2.58. The molecule has 0 bridgehead atoms. The van der Waals surface area contributed by atoms with E-state index < -0.39 is 6.10 Å². The number of carbonyl (C=O) groups is 1. The van der Waals surface area contributed by atoms with Gasteiger partial charge in [0, 0.05) is 18.2 Å². The van der Waals surface area contributed by atoms with Gasteiger partial charge in [-0.15, -0.1) is 0 Å². The number of nitrogens with two attached hydrogens (primary N) is 1. The van der Waals surface area contributed by atoms with E-state index in [-0.39, 0.29) is 5.97 Å². The Labute approximate surface area is 95.5 Å². The summed E-state index contributed by atoms with van der Waals surface area (Å²) < 4.78 is 11.1. The zero-order valence-corrected chi connectivity index (χ0v) is 9.49. The van der Waals surface area contributed by atoms with Crippen molar-refractivity contribution in [3.8, 4) is 5.75 Å². The van der Waals surface area contributed by atoms with Crippen LogP contribution in [0.4, 0.5) is 5.69 Å². The molecule has 1 aliphatic rings. The Morgan fingerprint density at radius 2 is 2.33 bits per heavy atom. The van der Waals surface area contributed by atoms with E-state index in [1.807, 2.05) is 0 Å². The minimum Gasteiger partial charge on any atom is -0.477 e. The van der Waals surface area contributed by atoms with E-state index in [0.29, 0.717) is 24.5 Å². The van der Waals surface area contributed by atoms with E-state index in [1.54, 1.807) is 18.2 Å². The molecule has 2 rings (SSSR count). The fourth-order valence-electron chi connectivity index (χ4n) is 1.35. The Balaban J connectivity index is 2.16. The first kappa shape index (κ1) is 10.3. The van der Waals surface area contributed by atoms with Gasteiger partial charge in [-0.2, -0.15) is 0 Å². The van der Waals surface area contributed by atoms with Crippen molar-refractivity contribution in [3.63, 3.8) is 0 Å². The molecule has 15 heavy (non-hydrogen) atoms. The molecule has 4 nitrogen and oxygen atoms in total. The van der Waals surface area contributed by atoms with E-state index in [4.69, 9.17) is 15.2 Å². The highest BCUT2D eigenvalue weighted by atomic mass is 79.9. The second-order valence-corrected chi connectivity index (χ2v) is 4.11. The van der Waals surface area contributed by atoms with E-state index in [9.17, 15) is 4.79 Å². The lowest BCUT2D eigenvalue weighted by Crippen LogP contribution is -2.21. The summed E-state index contributed by atoms with van der Waals surface area (Å²) in [5.41, 5.74) is 6.22. The SMILES string of the molecule is Nc1ccc(Br)c(OC2CCOC2=O)c1. The Kier molecular flexibility index (Phi) is 2.81. The van der Waals surface area contributed by atoms with Gasteiger partial charge < -0.3 is 15.2 Å². The molecule has 0 amide bonds. The van der Waals surface area contributed by atoms with Crippen LogP contribution in [0.2, 0.25) is 0 Å². The third kappa shape index (κ3) is 2.23. The van der Waals surface area contributed by atoms with Gasteiger partial charge >= 0.3 is 5.97 Å². The summed E-state index contributed by atoms with van der Waals surface area (Å²) in [6, 6.07) is 5.21. The number of anilines is 1. The fourth-order valence-corrected chi connectivity index (χ4v) is 1.69. The number of ether oxygens (including phenoxy) is 2. The molecule has 1 heterocycles. The molecular formula is C10H10BrNO3. The van der Waals surface area contributed by atoms with Crippen molar-refractivity contribution in [1.82, 2.24) is 0 Å². The van der Waals surface area contributed by atoms with Gasteiger partial charge in [-0.25, -0.2) is 4.79 Å². The summed E-state index contributed by atoms with van der Waals surface area (Å²) in [5, 5.41) is 0. The maximum absolute atomic E-state index is 11.2. The lowest BCUT2D eigenvalue weighted by molar-refractivity contribution is -0.143.